The van der Waals surface area contributed by atoms with E-state index in [1.807, 2.05) is 0 Å². The number of nitrogens with one attached hydrogen (secondary N) is 1. The lowest BCUT2D eigenvalue weighted by atomic mass is 9.93. The number of nitrogens with zero attached hydrogens (tertiary/aromatic N) is 4. The molecule has 0 spiro atoms. The molecule has 1 aliphatic heterocycles. The molecule has 0 radical (unpaired) electrons. The zero-order valence-corrected chi connectivity index (χ0v) is 37.0. The second kappa shape index (κ2) is 16.4. The van der Waals surface area contributed by atoms with Gasteiger partial charge in [0.15, 0.2) is 5.84 Å². The first kappa shape index (κ1) is 39.3. The van der Waals surface area contributed by atoms with Crippen molar-refractivity contribution in [1.29, 1.82) is 0 Å². The van der Waals surface area contributed by atoms with Crippen molar-refractivity contribution < 1.29 is 0 Å². The highest BCUT2D eigenvalue weighted by molar-refractivity contribution is 6.27. The van der Waals surface area contributed by atoms with Crippen molar-refractivity contribution in [2.75, 3.05) is 0 Å². The summed E-state index contributed by atoms with van der Waals surface area (Å²) in [6, 6.07) is 88.8. The molecule has 1 unspecified atom stereocenters. The largest absolute Gasteiger partial charge is 0.330 e. The van der Waals surface area contributed by atoms with Gasteiger partial charge in [0.1, 0.15) is 6.17 Å². The number of benzene rings is 10. The lowest BCUT2D eigenvalue weighted by Gasteiger charge is -2.26. The van der Waals surface area contributed by atoms with Gasteiger partial charge in [0, 0.05) is 32.7 Å². The molecule has 0 bridgehead atoms. The lowest BCUT2D eigenvalue weighted by molar-refractivity contribution is 0.662. The highest BCUT2D eigenvalue weighted by Crippen LogP contribution is 2.45. The molecule has 0 amide bonds. The van der Waals surface area contributed by atoms with Crippen LogP contribution in [-0.4, -0.2) is 20.9 Å². The smallest absolute Gasteiger partial charge is 0.212 e. The van der Waals surface area contributed by atoms with Crippen molar-refractivity contribution in [2.45, 2.75) is 6.17 Å². The Hall–Kier alpha value is -9.06. The molecular formula is C63H43N5. The Kier molecular flexibility index (Phi) is 9.50. The van der Waals surface area contributed by atoms with Gasteiger partial charge in [-0.1, -0.05) is 231 Å². The van der Waals surface area contributed by atoms with E-state index < -0.39 is 6.17 Å². The fourth-order valence-corrected chi connectivity index (χ4v) is 10.3. The van der Waals surface area contributed by atoms with Crippen LogP contribution in [0.15, 0.2) is 259 Å². The highest BCUT2D eigenvalue weighted by Gasteiger charge is 2.28. The van der Waals surface area contributed by atoms with E-state index in [0.29, 0.717) is 11.8 Å². The number of fused-ring (bicyclic) bond motifs is 7. The Morgan fingerprint density at radius 3 is 1.44 bits per heavy atom. The molecule has 10 aromatic carbocycles. The summed E-state index contributed by atoms with van der Waals surface area (Å²) >= 11 is 0. The first-order valence-corrected chi connectivity index (χ1v) is 23.2. The second-order valence-electron chi connectivity index (χ2n) is 17.3. The SMILES string of the molecule is c1ccc(-c2ccc(C3N=C(c4ccccc4-c4ccccc4)N=C(n4c5ccccc5c5ccc6c7ccccc7n(-c7cccc(-c8ccccc8)c7-c7ccccc7)c6c54)N3)cc2)cc1. The summed E-state index contributed by atoms with van der Waals surface area (Å²) < 4.78 is 4.86. The van der Waals surface area contributed by atoms with Crippen molar-refractivity contribution in [2.24, 2.45) is 9.98 Å². The Balaban J connectivity index is 1.11. The van der Waals surface area contributed by atoms with Crippen molar-refractivity contribution in [3.63, 3.8) is 0 Å². The summed E-state index contributed by atoms with van der Waals surface area (Å²) in [6.07, 6.45) is -0.445. The third-order valence-corrected chi connectivity index (χ3v) is 13.4. The monoisotopic (exact) mass is 869 g/mol. The van der Waals surface area contributed by atoms with Crippen LogP contribution in [0.4, 0.5) is 0 Å². The zero-order valence-electron chi connectivity index (χ0n) is 37.0. The van der Waals surface area contributed by atoms with E-state index in [1.54, 1.807) is 0 Å². The Bertz CT molecular complexity index is 3900. The average Bonchev–Trinajstić information content (AvgIpc) is 3.95. The van der Waals surface area contributed by atoms with Gasteiger partial charge in [0.2, 0.25) is 5.96 Å². The fourth-order valence-electron chi connectivity index (χ4n) is 10.3. The molecule has 13 rings (SSSR count). The normalized spacial score (nSPS) is 13.7. The highest BCUT2D eigenvalue weighted by atomic mass is 15.3. The van der Waals surface area contributed by atoms with Crippen LogP contribution in [0, 0.1) is 0 Å². The molecule has 5 nitrogen and oxygen atoms in total. The van der Waals surface area contributed by atoms with Gasteiger partial charge in [0.05, 0.1) is 27.8 Å². The van der Waals surface area contributed by atoms with Crippen LogP contribution in [-0.2, 0) is 0 Å². The van der Waals surface area contributed by atoms with E-state index in [2.05, 4.69) is 263 Å². The number of para-hydroxylation sites is 2. The third kappa shape index (κ3) is 6.55. The van der Waals surface area contributed by atoms with Crippen molar-refractivity contribution in [3.8, 4) is 50.2 Å². The quantitative estimate of drug-likeness (QED) is 0.170. The minimum atomic E-state index is -0.445. The summed E-state index contributed by atoms with van der Waals surface area (Å²) in [5.74, 6) is 1.36. The van der Waals surface area contributed by atoms with Crippen molar-refractivity contribution in [1.82, 2.24) is 14.5 Å². The minimum Gasteiger partial charge on any atom is -0.330 e. The molecule has 3 heterocycles. The molecule has 5 heteroatoms. The molecule has 0 fully saturated rings. The standard InChI is InChI=1S/C63H43N5/c1-5-20-42(21-6-1)43-36-38-47(39-37-43)61-64-62(54-31-14-13-28-48(54)44-22-7-2-8-23-44)66-63(65-61)68-56-34-18-16-30-51(56)53-41-40-52-50-29-15-17-33-55(50)67(59(52)60(53)68)57-35-19-32-49(45-24-9-3-10-25-45)58(57)46-26-11-4-12-27-46/h1-41,61H,(H,64,65,66). The van der Waals surface area contributed by atoms with Gasteiger partial charge in [-0.2, -0.15) is 4.99 Å². The van der Waals surface area contributed by atoms with Crippen LogP contribution in [0.5, 0.6) is 0 Å². The number of hydrogen-bond acceptors (Lipinski definition) is 3. The summed E-state index contributed by atoms with van der Waals surface area (Å²) in [4.78, 5) is 11.1. The van der Waals surface area contributed by atoms with Crippen LogP contribution in [0.2, 0.25) is 0 Å². The second-order valence-corrected chi connectivity index (χ2v) is 17.3. The number of hydrogen-bond donors (Lipinski definition) is 1. The predicted octanol–water partition coefficient (Wildman–Crippen LogP) is 15.5. The fraction of sp³-hybridized carbons (Fsp3) is 0.0159. The zero-order chi connectivity index (χ0) is 45.0. The molecular weight excluding hydrogens is 827 g/mol. The van der Waals surface area contributed by atoms with Crippen LogP contribution < -0.4 is 5.32 Å². The molecule has 0 aliphatic carbocycles. The predicted molar refractivity (Wildman–Crippen MR) is 284 cm³/mol. The molecule has 1 N–H and O–H groups in total. The van der Waals surface area contributed by atoms with E-state index in [0.717, 1.165) is 77.3 Å². The van der Waals surface area contributed by atoms with Gasteiger partial charge in [-0.05, 0) is 62.7 Å². The molecule has 1 atom stereocenters. The minimum absolute atomic E-state index is 0.445. The number of aliphatic imine (C=N–C) groups is 2. The summed E-state index contributed by atoms with van der Waals surface area (Å²) in [6.45, 7) is 0. The summed E-state index contributed by atoms with van der Waals surface area (Å²) in [5.41, 5.74) is 16.6. The third-order valence-electron chi connectivity index (χ3n) is 13.4. The first-order chi connectivity index (χ1) is 33.8. The maximum Gasteiger partial charge on any atom is 0.212 e. The maximum absolute atomic E-state index is 5.61. The molecule has 68 heavy (non-hydrogen) atoms. The van der Waals surface area contributed by atoms with Gasteiger partial charge in [-0.25, -0.2) is 4.99 Å². The Morgan fingerprint density at radius 1 is 0.338 bits per heavy atom. The van der Waals surface area contributed by atoms with E-state index in [4.69, 9.17) is 9.98 Å². The topological polar surface area (TPSA) is 46.6 Å². The molecule has 0 saturated carbocycles. The van der Waals surface area contributed by atoms with Gasteiger partial charge in [-0.15, -0.1) is 0 Å². The molecule has 2 aromatic heterocycles. The van der Waals surface area contributed by atoms with E-state index in [-0.39, 0.29) is 0 Å². The maximum atomic E-state index is 5.61. The van der Waals surface area contributed by atoms with E-state index in [1.165, 1.54) is 27.6 Å². The average molecular weight is 870 g/mol. The Labute approximate surface area is 394 Å². The van der Waals surface area contributed by atoms with Gasteiger partial charge in [0.25, 0.3) is 0 Å². The molecule has 12 aromatic rings. The lowest BCUT2D eigenvalue weighted by Crippen LogP contribution is -2.37. The number of rotatable bonds is 7. The molecule has 1 aliphatic rings. The van der Waals surface area contributed by atoms with Crippen LogP contribution >= 0.6 is 0 Å². The van der Waals surface area contributed by atoms with E-state index >= 15 is 0 Å². The first-order valence-electron chi connectivity index (χ1n) is 23.2. The van der Waals surface area contributed by atoms with E-state index in [9.17, 15) is 0 Å². The summed E-state index contributed by atoms with van der Waals surface area (Å²) in [7, 11) is 0. The molecule has 320 valence electrons. The van der Waals surface area contributed by atoms with Crippen molar-refractivity contribution >= 4 is 55.4 Å². The van der Waals surface area contributed by atoms with Crippen molar-refractivity contribution in [3.05, 3.63) is 260 Å². The van der Waals surface area contributed by atoms with Crippen LogP contribution in [0.1, 0.15) is 17.3 Å². The number of aromatic nitrogens is 2. The summed E-state index contributed by atoms with van der Waals surface area (Å²) in [5, 5.41) is 8.54. The van der Waals surface area contributed by atoms with Gasteiger partial charge < -0.3 is 9.88 Å². The Morgan fingerprint density at radius 2 is 0.809 bits per heavy atom. The number of amidine groups is 1. The van der Waals surface area contributed by atoms with Crippen LogP contribution in [0.25, 0.3) is 93.8 Å². The molecule has 0 saturated heterocycles. The van der Waals surface area contributed by atoms with Gasteiger partial charge >= 0.3 is 0 Å². The van der Waals surface area contributed by atoms with Crippen LogP contribution in [0.3, 0.4) is 0 Å². The van der Waals surface area contributed by atoms with Gasteiger partial charge in [-0.3, -0.25) is 4.57 Å².